The Morgan fingerprint density at radius 2 is 1.09 bits per heavy atom. The van der Waals surface area contributed by atoms with Crippen molar-refractivity contribution in [1.82, 2.24) is 0 Å². The van der Waals surface area contributed by atoms with Crippen LogP contribution >= 0.6 is 0 Å². The lowest BCUT2D eigenvalue weighted by Crippen LogP contribution is -2.05. The summed E-state index contributed by atoms with van der Waals surface area (Å²) in [6.45, 7) is 0. The second-order valence-corrected chi connectivity index (χ2v) is 7.56. The second kappa shape index (κ2) is 11.2. The van der Waals surface area contributed by atoms with Crippen LogP contribution < -0.4 is 14.2 Å². The van der Waals surface area contributed by atoms with Gasteiger partial charge in [0.1, 0.15) is 22.8 Å². The van der Waals surface area contributed by atoms with Gasteiger partial charge in [-0.15, -0.1) is 0 Å². The molecule has 0 aromatic heterocycles. The predicted molar refractivity (Wildman–Crippen MR) is 125 cm³/mol. The van der Waals surface area contributed by atoms with Crippen LogP contribution in [0.3, 0.4) is 0 Å². The Bertz CT molecular complexity index is 1020. The Kier molecular flexibility index (Phi) is 8.14. The molecule has 0 bridgehead atoms. The Labute approximate surface area is 189 Å². The van der Waals surface area contributed by atoms with Gasteiger partial charge >= 0.3 is 5.97 Å². The van der Waals surface area contributed by atoms with Crippen LogP contribution in [0.15, 0.2) is 60.7 Å². The highest BCUT2D eigenvalue weighted by atomic mass is 16.5. The fraction of sp³-hybridized carbons (Fsp3) is 0.296. The molecule has 0 aliphatic carbocycles. The number of esters is 1. The van der Waals surface area contributed by atoms with E-state index in [1.165, 1.54) is 23.8 Å². The highest BCUT2D eigenvalue weighted by Crippen LogP contribution is 2.24. The minimum absolute atomic E-state index is 0.392. The maximum Gasteiger partial charge on any atom is 0.341 e. The van der Waals surface area contributed by atoms with Crippen LogP contribution in [-0.4, -0.2) is 34.4 Å². The van der Waals surface area contributed by atoms with Crippen LogP contribution in [0.2, 0.25) is 0 Å². The maximum absolute atomic E-state index is 11.8. The summed E-state index contributed by atoms with van der Waals surface area (Å²) in [5.74, 6) is 1.77. The highest BCUT2D eigenvalue weighted by molar-refractivity contribution is 5.92. The van der Waals surface area contributed by atoms with Crippen molar-refractivity contribution >= 4 is 5.97 Å². The van der Waals surface area contributed by atoms with Gasteiger partial charge in [0.15, 0.2) is 0 Å². The molecule has 32 heavy (non-hydrogen) atoms. The minimum atomic E-state index is -0.392. The van der Waals surface area contributed by atoms with Crippen molar-refractivity contribution in [2.75, 3.05) is 28.4 Å². The van der Waals surface area contributed by atoms with Crippen molar-refractivity contribution in [2.24, 2.45) is 0 Å². The monoisotopic (exact) mass is 434 g/mol. The summed E-state index contributed by atoms with van der Waals surface area (Å²) < 4.78 is 20.9. The summed E-state index contributed by atoms with van der Waals surface area (Å²) in [7, 11) is 6.26. The molecule has 0 fully saturated rings. The van der Waals surface area contributed by atoms with Crippen LogP contribution in [0.1, 0.15) is 32.6 Å². The van der Waals surface area contributed by atoms with E-state index in [0.29, 0.717) is 11.3 Å². The third-order valence-electron chi connectivity index (χ3n) is 5.51. The molecule has 0 heterocycles. The Hall–Kier alpha value is -3.47. The fourth-order valence-electron chi connectivity index (χ4n) is 3.63. The van der Waals surface area contributed by atoms with Gasteiger partial charge in [0, 0.05) is 6.07 Å². The normalized spacial score (nSPS) is 10.5. The first-order valence-electron chi connectivity index (χ1n) is 10.6. The lowest BCUT2D eigenvalue weighted by molar-refractivity contribution is 0.0597. The number of methoxy groups -OCH3 is 4. The first-order chi connectivity index (χ1) is 15.6. The van der Waals surface area contributed by atoms with Crippen LogP contribution in [0.5, 0.6) is 17.2 Å². The largest absolute Gasteiger partial charge is 0.497 e. The lowest BCUT2D eigenvalue weighted by Gasteiger charge is -2.10. The standard InChI is InChI=1S/C27H30O5/c1-29-23-15-22(16-24(18-23)30-2)12-10-20-7-5-19(6-8-20)9-11-21-13-14-25(27(28)32-4)26(17-21)31-3/h5-8,13-18H,9-12H2,1-4H3. The molecule has 0 aliphatic rings. The summed E-state index contributed by atoms with van der Waals surface area (Å²) >= 11 is 0. The molecule has 168 valence electrons. The fourth-order valence-corrected chi connectivity index (χ4v) is 3.63. The van der Waals surface area contributed by atoms with Crippen molar-refractivity contribution in [3.8, 4) is 17.2 Å². The summed E-state index contributed by atoms with van der Waals surface area (Å²) in [6, 6.07) is 20.3. The van der Waals surface area contributed by atoms with Crippen molar-refractivity contribution in [3.63, 3.8) is 0 Å². The molecular formula is C27H30O5. The number of carbonyl (C=O) groups is 1. The molecule has 0 aliphatic heterocycles. The number of hydrogen-bond donors (Lipinski definition) is 0. The Balaban J connectivity index is 1.58. The molecule has 5 nitrogen and oxygen atoms in total. The molecule has 0 unspecified atom stereocenters. The minimum Gasteiger partial charge on any atom is -0.497 e. The summed E-state index contributed by atoms with van der Waals surface area (Å²) in [6.07, 6.45) is 3.64. The van der Waals surface area contributed by atoms with Crippen LogP contribution in [0, 0.1) is 0 Å². The van der Waals surface area contributed by atoms with E-state index in [1.807, 2.05) is 18.2 Å². The summed E-state index contributed by atoms with van der Waals surface area (Å²) in [5.41, 5.74) is 5.31. The van der Waals surface area contributed by atoms with Gasteiger partial charge in [0.05, 0.1) is 28.4 Å². The van der Waals surface area contributed by atoms with Gasteiger partial charge in [-0.25, -0.2) is 4.79 Å². The average molecular weight is 435 g/mol. The van der Waals surface area contributed by atoms with Crippen LogP contribution in [0.4, 0.5) is 0 Å². The van der Waals surface area contributed by atoms with Gasteiger partial charge in [-0.1, -0.05) is 30.3 Å². The molecule has 0 spiro atoms. The number of ether oxygens (including phenoxy) is 4. The summed E-state index contributed by atoms with van der Waals surface area (Å²) in [4.78, 5) is 11.8. The molecule has 5 heteroatoms. The van der Waals surface area contributed by atoms with Gasteiger partial charge in [0.25, 0.3) is 0 Å². The molecule has 3 rings (SSSR count). The number of hydrogen-bond acceptors (Lipinski definition) is 5. The molecule has 0 amide bonds. The molecule has 0 saturated heterocycles. The number of aryl methyl sites for hydroxylation is 4. The summed E-state index contributed by atoms with van der Waals surface area (Å²) in [5, 5.41) is 0. The van der Waals surface area contributed by atoms with E-state index in [9.17, 15) is 4.79 Å². The van der Waals surface area contributed by atoms with Crippen molar-refractivity contribution < 1.29 is 23.7 Å². The highest BCUT2D eigenvalue weighted by Gasteiger charge is 2.13. The van der Waals surface area contributed by atoms with Crippen molar-refractivity contribution in [3.05, 3.63) is 88.5 Å². The van der Waals surface area contributed by atoms with Crippen molar-refractivity contribution in [2.45, 2.75) is 25.7 Å². The number of carbonyl (C=O) groups excluding carboxylic acids is 1. The molecular weight excluding hydrogens is 404 g/mol. The second-order valence-electron chi connectivity index (χ2n) is 7.56. The molecule has 3 aromatic rings. The van der Waals surface area contributed by atoms with Crippen LogP contribution in [0.25, 0.3) is 0 Å². The van der Waals surface area contributed by atoms with E-state index < -0.39 is 5.97 Å². The van der Waals surface area contributed by atoms with E-state index in [4.69, 9.17) is 18.9 Å². The Morgan fingerprint density at radius 1 is 0.594 bits per heavy atom. The molecule has 0 saturated carbocycles. The quantitative estimate of drug-likeness (QED) is 0.417. The number of rotatable bonds is 10. The van der Waals surface area contributed by atoms with E-state index in [-0.39, 0.29) is 0 Å². The van der Waals surface area contributed by atoms with Gasteiger partial charge in [-0.05, 0) is 72.2 Å². The zero-order valence-electron chi connectivity index (χ0n) is 19.1. The van der Waals surface area contributed by atoms with Gasteiger partial charge in [0.2, 0.25) is 0 Å². The van der Waals surface area contributed by atoms with E-state index in [2.05, 4.69) is 36.4 Å². The number of benzene rings is 3. The van der Waals surface area contributed by atoms with Gasteiger partial charge in [-0.3, -0.25) is 0 Å². The molecule has 3 aromatic carbocycles. The molecule has 0 N–H and O–H groups in total. The van der Waals surface area contributed by atoms with Crippen LogP contribution in [-0.2, 0) is 30.4 Å². The molecule has 0 radical (unpaired) electrons. The predicted octanol–water partition coefficient (Wildman–Crippen LogP) is 5.07. The molecule has 0 atom stereocenters. The zero-order chi connectivity index (χ0) is 22.9. The third kappa shape index (κ3) is 6.03. The first-order valence-corrected chi connectivity index (χ1v) is 10.6. The smallest absolute Gasteiger partial charge is 0.341 e. The SMILES string of the molecule is COC(=O)c1ccc(CCc2ccc(CCc3cc(OC)cc(OC)c3)cc2)cc1OC. The van der Waals surface area contributed by atoms with E-state index in [0.717, 1.165) is 42.7 Å². The third-order valence-corrected chi connectivity index (χ3v) is 5.51. The average Bonchev–Trinajstić information content (AvgIpc) is 2.85. The maximum atomic E-state index is 11.8. The van der Waals surface area contributed by atoms with E-state index >= 15 is 0 Å². The van der Waals surface area contributed by atoms with Crippen molar-refractivity contribution in [1.29, 1.82) is 0 Å². The zero-order valence-corrected chi connectivity index (χ0v) is 19.1. The lowest BCUT2D eigenvalue weighted by atomic mass is 9.99. The van der Waals surface area contributed by atoms with Gasteiger partial charge < -0.3 is 18.9 Å². The topological polar surface area (TPSA) is 54.0 Å². The Morgan fingerprint density at radius 3 is 1.59 bits per heavy atom. The first kappa shape index (κ1) is 23.2. The van der Waals surface area contributed by atoms with Gasteiger partial charge in [-0.2, -0.15) is 0 Å². The van der Waals surface area contributed by atoms with E-state index in [1.54, 1.807) is 27.4 Å².